The van der Waals surface area contributed by atoms with E-state index in [0.29, 0.717) is 18.7 Å². The summed E-state index contributed by atoms with van der Waals surface area (Å²) >= 11 is 0. The Morgan fingerprint density at radius 2 is 1.86 bits per heavy atom. The van der Waals surface area contributed by atoms with Gasteiger partial charge in [0.15, 0.2) is 6.61 Å². The Balaban J connectivity index is 1.53. The van der Waals surface area contributed by atoms with Crippen molar-refractivity contribution >= 4 is 5.91 Å². The Morgan fingerprint density at radius 1 is 1.14 bits per heavy atom. The molecule has 2 aromatic rings. The molecule has 0 radical (unpaired) electrons. The Labute approximate surface area is 161 Å². The molecule has 1 saturated heterocycles. The number of halogens is 3. The van der Waals surface area contributed by atoms with Gasteiger partial charge < -0.3 is 14.4 Å². The topological polar surface area (TPSA) is 38.8 Å². The van der Waals surface area contributed by atoms with E-state index in [2.05, 4.69) is 6.92 Å². The molecule has 0 bridgehead atoms. The monoisotopic (exact) mass is 393 g/mol. The molecule has 0 aliphatic carbocycles. The van der Waals surface area contributed by atoms with Crippen LogP contribution >= 0.6 is 0 Å². The number of carbonyl (C=O) groups excluding carboxylic acids is 1. The zero-order valence-electron chi connectivity index (χ0n) is 15.5. The van der Waals surface area contributed by atoms with Crippen molar-refractivity contribution in [1.29, 1.82) is 0 Å². The van der Waals surface area contributed by atoms with E-state index >= 15 is 0 Å². The van der Waals surface area contributed by atoms with E-state index in [4.69, 9.17) is 9.47 Å². The maximum Gasteiger partial charge on any atom is 0.419 e. The third-order valence-corrected chi connectivity index (χ3v) is 4.68. The van der Waals surface area contributed by atoms with Gasteiger partial charge in [0.25, 0.3) is 5.91 Å². The highest BCUT2D eigenvalue weighted by Crippen LogP contribution is 2.36. The molecule has 1 heterocycles. The number of amides is 1. The molecule has 0 N–H and O–H groups in total. The van der Waals surface area contributed by atoms with Crippen LogP contribution in [0.3, 0.4) is 0 Å². The fourth-order valence-electron chi connectivity index (χ4n) is 3.09. The van der Waals surface area contributed by atoms with Gasteiger partial charge in [-0.3, -0.25) is 4.79 Å². The molecule has 4 nitrogen and oxygen atoms in total. The summed E-state index contributed by atoms with van der Waals surface area (Å²) in [5.41, 5.74) is 0.371. The van der Waals surface area contributed by atoms with E-state index in [0.717, 1.165) is 12.5 Å². The van der Waals surface area contributed by atoms with E-state index in [9.17, 15) is 18.0 Å². The fraction of sp³-hybridized carbons (Fsp3) is 0.381. The third kappa shape index (κ3) is 4.97. The van der Waals surface area contributed by atoms with E-state index in [1.807, 2.05) is 24.3 Å². The molecule has 0 saturated carbocycles. The molecule has 1 atom stereocenters. The lowest BCUT2D eigenvalue weighted by Crippen LogP contribution is -2.34. The largest absolute Gasteiger partial charge is 0.488 e. The number of aryl methyl sites for hydroxylation is 1. The normalized spacial score (nSPS) is 16.9. The second kappa shape index (κ2) is 8.54. The minimum Gasteiger partial charge on any atom is -0.488 e. The Bertz CT molecular complexity index is 805. The van der Waals surface area contributed by atoms with Crippen LogP contribution in [0.5, 0.6) is 11.5 Å². The van der Waals surface area contributed by atoms with Gasteiger partial charge >= 0.3 is 6.18 Å². The van der Waals surface area contributed by atoms with Crippen molar-refractivity contribution in [2.45, 2.75) is 32.0 Å². The molecule has 1 unspecified atom stereocenters. The molecule has 1 aliphatic rings. The molecule has 1 aliphatic heterocycles. The summed E-state index contributed by atoms with van der Waals surface area (Å²) in [5.74, 6) is 0.188. The van der Waals surface area contributed by atoms with E-state index < -0.39 is 17.8 Å². The van der Waals surface area contributed by atoms with Crippen LogP contribution in [0.4, 0.5) is 13.2 Å². The molecular weight excluding hydrogens is 371 g/mol. The minimum absolute atomic E-state index is 0.114. The summed E-state index contributed by atoms with van der Waals surface area (Å²) in [5, 5.41) is 0. The van der Waals surface area contributed by atoms with Gasteiger partial charge in [-0.25, -0.2) is 0 Å². The van der Waals surface area contributed by atoms with Gasteiger partial charge in [-0.15, -0.1) is 0 Å². The second-order valence-corrected chi connectivity index (χ2v) is 6.65. The van der Waals surface area contributed by atoms with Crippen LogP contribution in [-0.4, -0.2) is 36.6 Å². The highest BCUT2D eigenvalue weighted by Gasteiger charge is 2.36. The number of likely N-dealkylation sites (tertiary alicyclic amines) is 1. The first-order valence-corrected chi connectivity index (χ1v) is 9.19. The molecule has 7 heteroatoms. The first kappa shape index (κ1) is 20.0. The molecule has 1 fully saturated rings. The van der Waals surface area contributed by atoms with Gasteiger partial charge in [0, 0.05) is 13.0 Å². The van der Waals surface area contributed by atoms with Crippen molar-refractivity contribution in [3.8, 4) is 11.5 Å². The van der Waals surface area contributed by atoms with Crippen molar-refractivity contribution in [3.05, 3.63) is 59.7 Å². The van der Waals surface area contributed by atoms with E-state index in [-0.39, 0.29) is 24.8 Å². The summed E-state index contributed by atoms with van der Waals surface area (Å²) in [6.07, 6.45) is -3.56. The maximum absolute atomic E-state index is 13.1. The zero-order valence-corrected chi connectivity index (χ0v) is 15.5. The predicted octanol–water partition coefficient (Wildman–Crippen LogP) is 4.33. The lowest BCUT2D eigenvalue weighted by atomic mass is 10.2. The van der Waals surface area contributed by atoms with Crippen LogP contribution in [0.2, 0.25) is 0 Å². The van der Waals surface area contributed by atoms with Crippen LogP contribution in [0, 0.1) is 0 Å². The van der Waals surface area contributed by atoms with Crippen molar-refractivity contribution in [3.63, 3.8) is 0 Å². The molecule has 150 valence electrons. The van der Waals surface area contributed by atoms with Crippen LogP contribution < -0.4 is 9.47 Å². The van der Waals surface area contributed by atoms with Crippen LogP contribution in [0.1, 0.15) is 24.5 Å². The van der Waals surface area contributed by atoms with Crippen LogP contribution in [-0.2, 0) is 17.4 Å². The maximum atomic E-state index is 13.1. The molecule has 1 amide bonds. The molecule has 2 aromatic carbocycles. The highest BCUT2D eigenvalue weighted by atomic mass is 19.4. The van der Waals surface area contributed by atoms with Crippen molar-refractivity contribution < 1.29 is 27.4 Å². The molecule has 28 heavy (non-hydrogen) atoms. The average Bonchev–Trinajstić information content (AvgIpc) is 3.14. The van der Waals surface area contributed by atoms with Crippen molar-refractivity contribution in [1.82, 2.24) is 4.90 Å². The number of nitrogens with zero attached hydrogens (tertiary/aromatic N) is 1. The van der Waals surface area contributed by atoms with E-state index in [1.54, 1.807) is 4.90 Å². The van der Waals surface area contributed by atoms with Gasteiger partial charge in [0.05, 0.1) is 12.1 Å². The summed E-state index contributed by atoms with van der Waals surface area (Å²) in [6, 6.07) is 12.6. The number of para-hydroxylation sites is 1. The second-order valence-electron chi connectivity index (χ2n) is 6.65. The quantitative estimate of drug-likeness (QED) is 0.734. The minimum atomic E-state index is -4.48. The van der Waals surface area contributed by atoms with E-state index in [1.165, 1.54) is 23.8 Å². The van der Waals surface area contributed by atoms with Gasteiger partial charge in [0.1, 0.15) is 17.6 Å². The average molecular weight is 393 g/mol. The molecule has 0 spiro atoms. The molecule has 3 rings (SSSR count). The number of ether oxygens (including phenoxy) is 2. The van der Waals surface area contributed by atoms with Crippen molar-refractivity contribution in [2.24, 2.45) is 0 Å². The van der Waals surface area contributed by atoms with Crippen molar-refractivity contribution in [2.75, 3.05) is 19.7 Å². The third-order valence-electron chi connectivity index (χ3n) is 4.68. The first-order valence-electron chi connectivity index (χ1n) is 9.19. The zero-order chi connectivity index (χ0) is 20.1. The van der Waals surface area contributed by atoms with Crippen LogP contribution in [0.25, 0.3) is 0 Å². The summed E-state index contributed by atoms with van der Waals surface area (Å²) in [7, 11) is 0. The van der Waals surface area contributed by atoms with Crippen LogP contribution in [0.15, 0.2) is 48.5 Å². The molecular formula is C21H22F3NO3. The number of hydrogen-bond donors (Lipinski definition) is 0. The Kier molecular flexibility index (Phi) is 6.11. The molecule has 0 aromatic heterocycles. The first-order chi connectivity index (χ1) is 13.4. The number of benzene rings is 2. The van der Waals surface area contributed by atoms with Gasteiger partial charge in [-0.1, -0.05) is 31.2 Å². The number of alkyl halides is 3. The Hall–Kier alpha value is -2.70. The number of hydrogen-bond acceptors (Lipinski definition) is 3. The lowest BCUT2D eigenvalue weighted by Gasteiger charge is -2.19. The lowest BCUT2D eigenvalue weighted by molar-refractivity contribution is -0.139. The standard InChI is InChI=1S/C21H22F3NO3/c1-2-15-7-9-16(10-8-15)27-14-20(26)25-12-11-17(13-25)28-19-6-4-3-5-18(19)21(22,23)24/h3-10,17H,2,11-14H2,1H3. The fourth-order valence-corrected chi connectivity index (χ4v) is 3.09. The Morgan fingerprint density at radius 3 is 2.54 bits per heavy atom. The van der Waals surface area contributed by atoms with Gasteiger partial charge in [0.2, 0.25) is 0 Å². The summed E-state index contributed by atoms with van der Waals surface area (Å²) in [4.78, 5) is 13.9. The highest BCUT2D eigenvalue weighted by molar-refractivity contribution is 5.78. The summed E-state index contributed by atoms with van der Waals surface area (Å²) in [6.45, 7) is 2.61. The predicted molar refractivity (Wildman–Crippen MR) is 98.4 cm³/mol. The number of carbonyl (C=O) groups is 1. The van der Waals surface area contributed by atoms with Gasteiger partial charge in [-0.05, 0) is 36.2 Å². The summed E-state index contributed by atoms with van der Waals surface area (Å²) < 4.78 is 50.3. The smallest absolute Gasteiger partial charge is 0.419 e. The SMILES string of the molecule is CCc1ccc(OCC(=O)N2CCC(Oc3ccccc3C(F)(F)F)C2)cc1. The number of rotatable bonds is 6. The van der Waals surface area contributed by atoms with Gasteiger partial charge in [-0.2, -0.15) is 13.2 Å².